The molecule has 1 aromatic rings. The number of morpholine rings is 1. The van der Waals surface area contributed by atoms with Gasteiger partial charge in [-0.2, -0.15) is 0 Å². The Morgan fingerprint density at radius 3 is 2.80 bits per heavy atom. The van der Waals surface area contributed by atoms with Gasteiger partial charge < -0.3 is 10.1 Å². The van der Waals surface area contributed by atoms with Gasteiger partial charge in [-0.1, -0.05) is 35.3 Å². The van der Waals surface area contributed by atoms with Crippen LogP contribution in [0.4, 0.5) is 0 Å². The monoisotopic (exact) mass is 267 g/mol. The summed E-state index contributed by atoms with van der Waals surface area (Å²) in [4.78, 5) is 0. The van der Waals surface area contributed by atoms with Crippen LogP contribution in [0.2, 0.25) is 10.0 Å². The molecule has 0 aromatic heterocycles. The summed E-state index contributed by atoms with van der Waals surface area (Å²) in [6, 6.07) is 5.83. The van der Waals surface area contributed by atoms with E-state index in [0.29, 0.717) is 16.7 Å². The predicted molar refractivity (Wildman–Crippen MR) is 65.3 cm³/mol. The van der Waals surface area contributed by atoms with E-state index in [0.717, 1.165) is 18.7 Å². The summed E-state index contributed by atoms with van der Waals surface area (Å²) in [5.41, 5.74) is 1.01. The van der Waals surface area contributed by atoms with Crippen molar-refractivity contribution in [3.63, 3.8) is 0 Å². The quantitative estimate of drug-likeness (QED) is 0.845. The Morgan fingerprint density at radius 1 is 1.33 bits per heavy atom. The van der Waals surface area contributed by atoms with E-state index in [1.54, 1.807) is 6.07 Å². The molecule has 0 unspecified atom stereocenters. The Balaban J connectivity index is 0.00000112. The Kier molecular flexibility index (Phi) is 5.16. The van der Waals surface area contributed by atoms with Gasteiger partial charge in [0.25, 0.3) is 0 Å². The van der Waals surface area contributed by atoms with Crippen molar-refractivity contribution in [2.45, 2.75) is 6.04 Å². The lowest BCUT2D eigenvalue weighted by Crippen LogP contribution is -2.34. The zero-order valence-electron chi connectivity index (χ0n) is 8.00. The Bertz CT molecular complexity index is 326. The summed E-state index contributed by atoms with van der Waals surface area (Å²) in [5, 5.41) is 4.55. The Labute approximate surface area is 105 Å². The van der Waals surface area contributed by atoms with Crippen molar-refractivity contribution < 1.29 is 4.74 Å². The molecule has 2 nitrogen and oxygen atoms in total. The summed E-state index contributed by atoms with van der Waals surface area (Å²) in [5.74, 6) is 0. The van der Waals surface area contributed by atoms with Gasteiger partial charge in [-0.3, -0.25) is 0 Å². The van der Waals surface area contributed by atoms with Gasteiger partial charge in [-0.15, -0.1) is 12.4 Å². The largest absolute Gasteiger partial charge is 0.378 e. The van der Waals surface area contributed by atoms with Crippen LogP contribution in [0, 0.1) is 0 Å². The molecule has 5 heteroatoms. The third-order valence-corrected chi connectivity index (χ3v) is 3.11. The molecule has 1 fully saturated rings. The lowest BCUT2D eigenvalue weighted by atomic mass is 10.1. The van der Waals surface area contributed by atoms with Gasteiger partial charge >= 0.3 is 0 Å². The molecular formula is C10H12Cl3NO. The van der Waals surface area contributed by atoms with E-state index in [4.69, 9.17) is 27.9 Å². The molecule has 1 saturated heterocycles. The molecule has 84 valence electrons. The normalized spacial score (nSPS) is 20.8. The maximum Gasteiger partial charge on any atom is 0.0662 e. The van der Waals surface area contributed by atoms with E-state index in [9.17, 15) is 0 Å². The zero-order chi connectivity index (χ0) is 9.97. The van der Waals surface area contributed by atoms with Gasteiger partial charge in [0.05, 0.1) is 29.3 Å². The molecule has 1 aliphatic heterocycles. The average Bonchev–Trinajstić information content (AvgIpc) is 2.23. The highest BCUT2D eigenvalue weighted by Gasteiger charge is 2.18. The molecule has 1 heterocycles. The van der Waals surface area contributed by atoms with Crippen LogP contribution in [-0.4, -0.2) is 19.8 Å². The molecule has 2 rings (SSSR count). The fourth-order valence-corrected chi connectivity index (χ4v) is 1.99. The molecule has 0 amide bonds. The van der Waals surface area contributed by atoms with Gasteiger partial charge in [-0.25, -0.2) is 0 Å². The molecule has 1 atom stereocenters. The van der Waals surface area contributed by atoms with Gasteiger partial charge in [0.2, 0.25) is 0 Å². The van der Waals surface area contributed by atoms with Crippen LogP contribution in [0.1, 0.15) is 11.6 Å². The Morgan fingerprint density at radius 2 is 2.13 bits per heavy atom. The van der Waals surface area contributed by atoms with E-state index >= 15 is 0 Å². The van der Waals surface area contributed by atoms with Gasteiger partial charge in [0.1, 0.15) is 0 Å². The van der Waals surface area contributed by atoms with Crippen LogP contribution in [-0.2, 0) is 4.74 Å². The number of benzene rings is 1. The first-order chi connectivity index (χ1) is 6.79. The van der Waals surface area contributed by atoms with E-state index in [2.05, 4.69) is 5.32 Å². The topological polar surface area (TPSA) is 21.3 Å². The van der Waals surface area contributed by atoms with Crippen molar-refractivity contribution >= 4 is 35.6 Å². The van der Waals surface area contributed by atoms with Crippen LogP contribution in [0.15, 0.2) is 18.2 Å². The third kappa shape index (κ3) is 2.99. The lowest BCUT2D eigenvalue weighted by Gasteiger charge is -2.25. The fourth-order valence-electron chi connectivity index (χ4n) is 1.55. The minimum Gasteiger partial charge on any atom is -0.378 e. The number of halogens is 3. The average molecular weight is 269 g/mol. The maximum atomic E-state index is 6.10. The number of nitrogens with one attached hydrogen (secondary N) is 1. The molecular weight excluding hydrogens is 256 g/mol. The molecule has 0 radical (unpaired) electrons. The van der Waals surface area contributed by atoms with E-state index in [1.807, 2.05) is 12.1 Å². The molecule has 0 bridgehead atoms. The summed E-state index contributed by atoms with van der Waals surface area (Å²) in [6.07, 6.45) is 0. The number of hydrogen-bond acceptors (Lipinski definition) is 2. The minimum atomic E-state index is 0. The Hall–Kier alpha value is 0.01000. The molecule has 0 aliphatic carbocycles. The van der Waals surface area contributed by atoms with Crippen molar-refractivity contribution in [3.8, 4) is 0 Å². The summed E-state index contributed by atoms with van der Waals surface area (Å²) in [6.45, 7) is 2.27. The summed E-state index contributed by atoms with van der Waals surface area (Å²) in [7, 11) is 0. The molecule has 0 saturated carbocycles. The van der Waals surface area contributed by atoms with Crippen LogP contribution < -0.4 is 5.32 Å². The fraction of sp³-hybridized carbons (Fsp3) is 0.400. The van der Waals surface area contributed by atoms with Crippen molar-refractivity contribution in [1.82, 2.24) is 5.32 Å². The second-order valence-corrected chi connectivity index (χ2v) is 4.01. The van der Waals surface area contributed by atoms with Gasteiger partial charge in [-0.05, 0) is 11.6 Å². The first-order valence-electron chi connectivity index (χ1n) is 4.54. The van der Waals surface area contributed by atoms with Gasteiger partial charge in [0.15, 0.2) is 0 Å². The molecule has 1 aromatic carbocycles. The first-order valence-corrected chi connectivity index (χ1v) is 5.29. The molecule has 15 heavy (non-hydrogen) atoms. The lowest BCUT2D eigenvalue weighted by molar-refractivity contribution is 0.0769. The van der Waals surface area contributed by atoms with E-state index in [1.165, 1.54) is 0 Å². The number of hydrogen-bond donors (Lipinski definition) is 1. The molecule has 0 spiro atoms. The zero-order valence-corrected chi connectivity index (χ0v) is 10.3. The number of ether oxygens (including phenoxy) is 1. The second kappa shape index (κ2) is 5.92. The van der Waals surface area contributed by atoms with Crippen molar-refractivity contribution in [2.24, 2.45) is 0 Å². The molecule has 1 N–H and O–H groups in total. The van der Waals surface area contributed by atoms with Crippen LogP contribution in [0.5, 0.6) is 0 Å². The molecule has 1 aliphatic rings. The minimum absolute atomic E-state index is 0. The van der Waals surface area contributed by atoms with Crippen LogP contribution >= 0.6 is 35.6 Å². The second-order valence-electron chi connectivity index (χ2n) is 3.22. The van der Waals surface area contributed by atoms with Crippen molar-refractivity contribution in [2.75, 3.05) is 19.8 Å². The third-order valence-electron chi connectivity index (χ3n) is 2.28. The standard InChI is InChI=1S/C10H11Cl2NO.ClH/c11-8-3-1-2-7(10(8)12)9-6-14-5-4-13-9;/h1-3,9,13H,4-6H2;1H/t9-;/m1./s1. The number of rotatable bonds is 1. The van der Waals surface area contributed by atoms with Crippen LogP contribution in [0.25, 0.3) is 0 Å². The SMILES string of the molecule is Cl.Clc1cccc([C@H]2COCCN2)c1Cl. The summed E-state index contributed by atoms with van der Waals surface area (Å²) >= 11 is 12.0. The van der Waals surface area contributed by atoms with Gasteiger partial charge in [0, 0.05) is 6.54 Å². The maximum absolute atomic E-state index is 6.10. The highest BCUT2D eigenvalue weighted by Crippen LogP contribution is 2.30. The highest BCUT2D eigenvalue weighted by molar-refractivity contribution is 6.42. The van der Waals surface area contributed by atoms with E-state index < -0.39 is 0 Å². The van der Waals surface area contributed by atoms with Crippen molar-refractivity contribution in [1.29, 1.82) is 0 Å². The first kappa shape index (κ1) is 13.1. The smallest absolute Gasteiger partial charge is 0.0662 e. The van der Waals surface area contributed by atoms with E-state index in [-0.39, 0.29) is 18.4 Å². The van der Waals surface area contributed by atoms with Crippen LogP contribution in [0.3, 0.4) is 0 Å². The van der Waals surface area contributed by atoms with Crippen molar-refractivity contribution in [3.05, 3.63) is 33.8 Å². The summed E-state index contributed by atoms with van der Waals surface area (Å²) < 4.78 is 5.37. The predicted octanol–water partition coefficient (Wildman–Crippen LogP) is 3.08. The highest BCUT2D eigenvalue weighted by atomic mass is 35.5.